The van der Waals surface area contributed by atoms with Gasteiger partial charge in [0, 0.05) is 24.5 Å². The molecular formula is C19H21ClF3N3O2. The Kier molecular flexibility index (Phi) is 7.65. The third-order valence-corrected chi connectivity index (χ3v) is 4.32. The summed E-state index contributed by atoms with van der Waals surface area (Å²) < 4.78 is 40.9. The van der Waals surface area contributed by atoms with Gasteiger partial charge >= 0.3 is 6.18 Å². The van der Waals surface area contributed by atoms with Gasteiger partial charge in [0.2, 0.25) is 5.88 Å². The summed E-state index contributed by atoms with van der Waals surface area (Å²) in [5.41, 5.74) is 2.10. The van der Waals surface area contributed by atoms with Crippen molar-refractivity contribution in [3.63, 3.8) is 0 Å². The van der Waals surface area contributed by atoms with E-state index in [0.717, 1.165) is 25.9 Å². The van der Waals surface area contributed by atoms with Crippen molar-refractivity contribution in [3.05, 3.63) is 53.7 Å². The summed E-state index contributed by atoms with van der Waals surface area (Å²) in [6.07, 6.45) is -0.952. The summed E-state index contributed by atoms with van der Waals surface area (Å²) in [4.78, 5) is 16.0. The first-order valence-electron chi connectivity index (χ1n) is 8.68. The van der Waals surface area contributed by atoms with Crippen molar-refractivity contribution in [3.8, 4) is 5.88 Å². The second-order valence-corrected chi connectivity index (χ2v) is 6.41. The molecule has 152 valence electrons. The number of amides is 1. The smallest absolute Gasteiger partial charge is 0.422 e. The van der Waals surface area contributed by atoms with Gasteiger partial charge in [0.1, 0.15) is 0 Å². The molecule has 0 aliphatic carbocycles. The van der Waals surface area contributed by atoms with Crippen LogP contribution < -0.4 is 15.4 Å². The van der Waals surface area contributed by atoms with Crippen molar-refractivity contribution in [2.45, 2.75) is 24.9 Å². The highest BCUT2D eigenvalue weighted by molar-refractivity contribution is 6.04. The summed E-state index contributed by atoms with van der Waals surface area (Å²) in [5, 5.41) is 6.12. The summed E-state index contributed by atoms with van der Waals surface area (Å²) in [6, 6.07) is 10.3. The maximum absolute atomic E-state index is 12.2. The van der Waals surface area contributed by atoms with Crippen LogP contribution in [0.5, 0.6) is 5.88 Å². The van der Waals surface area contributed by atoms with Crippen molar-refractivity contribution in [1.29, 1.82) is 0 Å². The Morgan fingerprint density at radius 1 is 1.21 bits per heavy atom. The number of nitrogens with zero attached hydrogens (tertiary/aromatic N) is 1. The van der Waals surface area contributed by atoms with Crippen molar-refractivity contribution in [2.75, 3.05) is 25.0 Å². The zero-order chi connectivity index (χ0) is 19.3. The molecule has 1 unspecified atom stereocenters. The molecule has 5 nitrogen and oxygen atoms in total. The number of nitrogens with one attached hydrogen (secondary N) is 2. The average molecular weight is 416 g/mol. The lowest BCUT2D eigenvalue weighted by Crippen LogP contribution is -2.28. The van der Waals surface area contributed by atoms with Gasteiger partial charge in [-0.2, -0.15) is 13.2 Å². The molecule has 0 radical (unpaired) electrons. The normalized spacial score (nSPS) is 16.8. The van der Waals surface area contributed by atoms with Crippen LogP contribution in [0.1, 0.15) is 34.7 Å². The first-order chi connectivity index (χ1) is 12.9. The molecule has 1 aromatic carbocycles. The molecule has 28 heavy (non-hydrogen) atoms. The van der Waals surface area contributed by atoms with Crippen molar-refractivity contribution in [2.24, 2.45) is 0 Å². The van der Waals surface area contributed by atoms with Crippen LogP contribution in [0.25, 0.3) is 0 Å². The number of rotatable bonds is 5. The Balaban J connectivity index is 0.00000280. The number of carbonyl (C=O) groups excluding carboxylic acids is 1. The molecule has 0 saturated carbocycles. The first kappa shape index (κ1) is 22.0. The maximum atomic E-state index is 12.2. The molecule has 0 spiro atoms. The highest BCUT2D eigenvalue weighted by Gasteiger charge is 2.28. The number of benzene rings is 1. The molecule has 2 N–H and O–H groups in total. The van der Waals surface area contributed by atoms with E-state index in [4.69, 9.17) is 0 Å². The van der Waals surface area contributed by atoms with Crippen LogP contribution in [0.2, 0.25) is 0 Å². The van der Waals surface area contributed by atoms with E-state index in [9.17, 15) is 18.0 Å². The topological polar surface area (TPSA) is 63.2 Å². The Morgan fingerprint density at radius 2 is 1.96 bits per heavy atom. The van der Waals surface area contributed by atoms with Crippen LogP contribution in [0.15, 0.2) is 42.6 Å². The second-order valence-electron chi connectivity index (χ2n) is 6.41. The summed E-state index contributed by atoms with van der Waals surface area (Å²) in [5.74, 6) is -0.0942. The van der Waals surface area contributed by atoms with E-state index in [1.807, 2.05) is 24.3 Å². The lowest BCUT2D eigenvalue weighted by Gasteiger charge is -2.23. The number of hydrogen-bond acceptors (Lipinski definition) is 4. The van der Waals surface area contributed by atoms with E-state index < -0.39 is 18.7 Å². The zero-order valence-corrected chi connectivity index (χ0v) is 15.8. The van der Waals surface area contributed by atoms with Gasteiger partial charge in [0.15, 0.2) is 6.61 Å². The Morgan fingerprint density at radius 3 is 2.54 bits per heavy atom. The lowest BCUT2D eigenvalue weighted by atomic mass is 9.92. The number of ether oxygens (including phenoxy) is 1. The van der Waals surface area contributed by atoms with Gasteiger partial charge in [-0.15, -0.1) is 12.4 Å². The fourth-order valence-electron chi connectivity index (χ4n) is 2.93. The molecule has 2 heterocycles. The standard InChI is InChI=1S/C19H20F3N3O2.ClH/c20-19(21,22)12-27-17-8-5-15(11-24-17)18(26)25-16-6-3-13(4-7-16)14-2-1-9-23-10-14;/h3-8,11,14,23H,1-2,9-10,12H2,(H,25,26);1H. The van der Waals surface area contributed by atoms with Crippen LogP contribution in [-0.4, -0.2) is 36.8 Å². The van der Waals surface area contributed by atoms with Gasteiger partial charge in [-0.1, -0.05) is 12.1 Å². The van der Waals surface area contributed by atoms with Crippen LogP contribution in [0, 0.1) is 0 Å². The minimum absolute atomic E-state index is 0. The number of piperidine rings is 1. The fraction of sp³-hybridized carbons (Fsp3) is 0.368. The van der Waals surface area contributed by atoms with Crippen molar-refractivity contribution in [1.82, 2.24) is 10.3 Å². The summed E-state index contributed by atoms with van der Waals surface area (Å²) in [6.45, 7) is 0.591. The number of anilines is 1. The van der Waals surface area contributed by atoms with Crippen LogP contribution in [-0.2, 0) is 0 Å². The van der Waals surface area contributed by atoms with E-state index in [1.165, 1.54) is 23.9 Å². The summed E-state index contributed by atoms with van der Waals surface area (Å²) >= 11 is 0. The molecule has 1 fully saturated rings. The van der Waals surface area contributed by atoms with E-state index in [1.54, 1.807) is 0 Å². The molecule has 1 aromatic heterocycles. The average Bonchev–Trinajstić information content (AvgIpc) is 2.67. The van der Waals surface area contributed by atoms with Gasteiger partial charge in [-0.3, -0.25) is 4.79 Å². The predicted octanol–water partition coefficient (Wildman–Crippen LogP) is 4.16. The van der Waals surface area contributed by atoms with Crippen molar-refractivity contribution >= 4 is 24.0 Å². The fourth-order valence-corrected chi connectivity index (χ4v) is 2.93. The lowest BCUT2D eigenvalue weighted by molar-refractivity contribution is -0.154. The molecule has 1 saturated heterocycles. The largest absolute Gasteiger partial charge is 0.468 e. The summed E-state index contributed by atoms with van der Waals surface area (Å²) in [7, 11) is 0. The minimum Gasteiger partial charge on any atom is -0.468 e. The molecule has 9 heteroatoms. The highest BCUT2D eigenvalue weighted by atomic mass is 35.5. The quantitative estimate of drug-likeness (QED) is 0.769. The van der Waals surface area contributed by atoms with E-state index in [2.05, 4.69) is 20.4 Å². The monoisotopic (exact) mass is 415 g/mol. The van der Waals surface area contributed by atoms with Gasteiger partial charge in [0.05, 0.1) is 5.56 Å². The van der Waals surface area contributed by atoms with Crippen LogP contribution >= 0.6 is 12.4 Å². The molecule has 2 aromatic rings. The van der Waals surface area contributed by atoms with Crippen LogP contribution in [0.3, 0.4) is 0 Å². The number of halogens is 4. The molecule has 3 rings (SSSR count). The highest BCUT2D eigenvalue weighted by Crippen LogP contribution is 2.24. The number of hydrogen-bond donors (Lipinski definition) is 2. The zero-order valence-electron chi connectivity index (χ0n) is 15.0. The Bertz CT molecular complexity index is 761. The second kappa shape index (κ2) is 9.75. The third kappa shape index (κ3) is 6.38. The maximum Gasteiger partial charge on any atom is 0.422 e. The molecular weight excluding hydrogens is 395 g/mol. The van der Waals surface area contributed by atoms with Gasteiger partial charge in [-0.25, -0.2) is 4.98 Å². The minimum atomic E-state index is -4.43. The Labute approximate surface area is 167 Å². The SMILES string of the molecule is Cl.O=C(Nc1ccc(C2CCCNC2)cc1)c1ccc(OCC(F)(F)F)nc1. The van der Waals surface area contributed by atoms with Gasteiger partial charge < -0.3 is 15.4 Å². The number of carbonyl (C=O) groups is 1. The Hall–Kier alpha value is -2.32. The number of alkyl halides is 3. The third-order valence-electron chi connectivity index (χ3n) is 4.32. The van der Waals surface area contributed by atoms with Gasteiger partial charge in [0.25, 0.3) is 5.91 Å². The molecule has 1 aliphatic heterocycles. The number of aromatic nitrogens is 1. The van der Waals surface area contributed by atoms with E-state index >= 15 is 0 Å². The molecule has 1 aliphatic rings. The molecule has 1 amide bonds. The molecule has 1 atom stereocenters. The van der Waals surface area contributed by atoms with Crippen molar-refractivity contribution < 1.29 is 22.7 Å². The number of pyridine rings is 1. The first-order valence-corrected chi connectivity index (χ1v) is 8.68. The van der Waals surface area contributed by atoms with E-state index in [0.29, 0.717) is 11.6 Å². The van der Waals surface area contributed by atoms with Crippen LogP contribution in [0.4, 0.5) is 18.9 Å². The predicted molar refractivity (Wildman–Crippen MR) is 102 cm³/mol. The van der Waals surface area contributed by atoms with E-state index in [-0.39, 0.29) is 23.9 Å². The molecule has 0 bridgehead atoms. The van der Waals surface area contributed by atoms with Gasteiger partial charge in [-0.05, 0) is 49.1 Å².